The van der Waals surface area contributed by atoms with Gasteiger partial charge in [-0.05, 0) is 31.2 Å². The lowest BCUT2D eigenvalue weighted by molar-refractivity contribution is 0.0698. The minimum Gasteiger partial charge on any atom is -0.478 e. The van der Waals surface area contributed by atoms with Gasteiger partial charge >= 0.3 is 12.0 Å². The summed E-state index contributed by atoms with van der Waals surface area (Å²) in [7, 11) is 0. The van der Waals surface area contributed by atoms with E-state index in [9.17, 15) is 9.59 Å². The highest BCUT2D eigenvalue weighted by Gasteiger charge is 2.13. The van der Waals surface area contributed by atoms with Crippen molar-refractivity contribution in [3.8, 4) is 0 Å². The summed E-state index contributed by atoms with van der Waals surface area (Å²) in [4.78, 5) is 22.9. The van der Waals surface area contributed by atoms with Crippen LogP contribution >= 0.6 is 0 Å². The topological polar surface area (TPSA) is 91.6 Å². The summed E-state index contributed by atoms with van der Waals surface area (Å²) in [5.41, 5.74) is 0.305. The molecule has 1 unspecified atom stereocenters. The van der Waals surface area contributed by atoms with Gasteiger partial charge in [0, 0.05) is 12.5 Å². The third-order valence-corrected chi connectivity index (χ3v) is 2.87. The van der Waals surface area contributed by atoms with E-state index in [4.69, 9.17) is 9.52 Å². The zero-order chi connectivity index (χ0) is 15.2. The molecule has 2 rings (SSSR count). The number of furan rings is 1. The monoisotopic (exact) mass is 288 g/mol. The van der Waals surface area contributed by atoms with Crippen LogP contribution in [0.4, 0.5) is 10.5 Å². The molecule has 3 N–H and O–H groups in total. The van der Waals surface area contributed by atoms with Crippen LogP contribution in [0.2, 0.25) is 0 Å². The normalized spacial score (nSPS) is 11.7. The van der Waals surface area contributed by atoms with E-state index in [-0.39, 0.29) is 17.3 Å². The lowest BCUT2D eigenvalue weighted by Crippen LogP contribution is -2.37. The summed E-state index contributed by atoms with van der Waals surface area (Å²) < 4.78 is 5.21. The maximum absolute atomic E-state index is 11.9. The van der Waals surface area contributed by atoms with Crippen molar-refractivity contribution in [2.24, 2.45) is 0 Å². The first kappa shape index (κ1) is 14.6. The number of amides is 2. The minimum absolute atomic E-state index is 0.0475. The summed E-state index contributed by atoms with van der Waals surface area (Å²) >= 11 is 0. The quantitative estimate of drug-likeness (QED) is 0.788. The molecule has 0 aliphatic rings. The SMILES string of the molecule is CC(Cc1ccco1)NC(=O)Nc1ccccc1C(=O)O. The Labute approximate surface area is 121 Å². The molecule has 21 heavy (non-hydrogen) atoms. The zero-order valence-corrected chi connectivity index (χ0v) is 11.5. The van der Waals surface area contributed by atoms with Crippen LogP contribution in [-0.4, -0.2) is 23.1 Å². The van der Waals surface area contributed by atoms with E-state index in [0.29, 0.717) is 6.42 Å². The van der Waals surface area contributed by atoms with Crippen LogP contribution in [0.15, 0.2) is 47.1 Å². The van der Waals surface area contributed by atoms with E-state index >= 15 is 0 Å². The van der Waals surface area contributed by atoms with Crippen molar-refractivity contribution >= 4 is 17.7 Å². The molecular formula is C15H16N2O4. The van der Waals surface area contributed by atoms with Crippen LogP contribution in [0.5, 0.6) is 0 Å². The maximum atomic E-state index is 11.9. The number of hydrogen-bond donors (Lipinski definition) is 3. The van der Waals surface area contributed by atoms with Crippen LogP contribution < -0.4 is 10.6 Å². The van der Waals surface area contributed by atoms with E-state index in [1.54, 1.807) is 30.5 Å². The van der Waals surface area contributed by atoms with Gasteiger partial charge in [0.05, 0.1) is 17.5 Å². The Hall–Kier alpha value is -2.76. The molecule has 1 heterocycles. The van der Waals surface area contributed by atoms with Crippen molar-refractivity contribution in [1.29, 1.82) is 0 Å². The molecule has 2 aromatic rings. The molecule has 0 radical (unpaired) electrons. The fourth-order valence-electron chi connectivity index (χ4n) is 1.94. The van der Waals surface area contributed by atoms with Crippen molar-refractivity contribution in [3.05, 3.63) is 54.0 Å². The average molecular weight is 288 g/mol. The van der Waals surface area contributed by atoms with Crippen molar-refractivity contribution in [2.75, 3.05) is 5.32 Å². The first-order chi connectivity index (χ1) is 10.1. The lowest BCUT2D eigenvalue weighted by Gasteiger charge is -2.14. The molecule has 1 aromatic heterocycles. The molecule has 0 fully saturated rings. The molecule has 2 amide bonds. The largest absolute Gasteiger partial charge is 0.478 e. The Balaban J connectivity index is 1.94. The average Bonchev–Trinajstić information content (AvgIpc) is 2.91. The predicted molar refractivity (Wildman–Crippen MR) is 77.4 cm³/mol. The Kier molecular flexibility index (Phi) is 4.61. The van der Waals surface area contributed by atoms with Crippen molar-refractivity contribution in [2.45, 2.75) is 19.4 Å². The number of anilines is 1. The van der Waals surface area contributed by atoms with Crippen LogP contribution in [0.1, 0.15) is 23.0 Å². The Morgan fingerprint density at radius 1 is 1.24 bits per heavy atom. The molecule has 0 aliphatic carbocycles. The third kappa shape index (κ3) is 4.10. The van der Waals surface area contributed by atoms with Gasteiger partial charge in [0.15, 0.2) is 0 Å². The van der Waals surface area contributed by atoms with Gasteiger partial charge < -0.3 is 20.2 Å². The molecule has 0 saturated carbocycles. The third-order valence-electron chi connectivity index (χ3n) is 2.87. The van der Waals surface area contributed by atoms with Gasteiger partial charge in [-0.25, -0.2) is 9.59 Å². The predicted octanol–water partition coefficient (Wildman–Crippen LogP) is 2.73. The van der Waals surface area contributed by atoms with Crippen LogP contribution in [0.25, 0.3) is 0 Å². The smallest absolute Gasteiger partial charge is 0.337 e. The van der Waals surface area contributed by atoms with E-state index in [2.05, 4.69) is 10.6 Å². The Bertz CT molecular complexity index is 622. The second-order valence-electron chi connectivity index (χ2n) is 4.63. The van der Waals surface area contributed by atoms with Gasteiger partial charge in [0.2, 0.25) is 0 Å². The van der Waals surface area contributed by atoms with Crippen molar-refractivity contribution in [3.63, 3.8) is 0 Å². The molecular weight excluding hydrogens is 272 g/mol. The minimum atomic E-state index is -1.09. The van der Waals surface area contributed by atoms with Gasteiger partial charge in [-0.2, -0.15) is 0 Å². The fourth-order valence-corrected chi connectivity index (χ4v) is 1.94. The number of hydrogen-bond acceptors (Lipinski definition) is 3. The molecule has 1 atom stereocenters. The van der Waals surface area contributed by atoms with Gasteiger partial charge in [-0.15, -0.1) is 0 Å². The number of carboxylic acids is 1. The number of carbonyl (C=O) groups is 2. The first-order valence-corrected chi connectivity index (χ1v) is 6.48. The number of para-hydroxylation sites is 1. The van der Waals surface area contributed by atoms with E-state index in [1.807, 2.05) is 13.0 Å². The Morgan fingerprint density at radius 2 is 2.00 bits per heavy atom. The van der Waals surface area contributed by atoms with E-state index < -0.39 is 12.0 Å². The number of carbonyl (C=O) groups excluding carboxylic acids is 1. The Morgan fingerprint density at radius 3 is 2.67 bits per heavy atom. The zero-order valence-electron chi connectivity index (χ0n) is 11.5. The molecule has 0 spiro atoms. The second kappa shape index (κ2) is 6.60. The number of urea groups is 1. The fraction of sp³-hybridized carbons (Fsp3) is 0.200. The standard InChI is InChI=1S/C15H16N2O4/c1-10(9-11-5-4-8-21-11)16-15(20)17-13-7-3-2-6-12(13)14(18)19/h2-8,10H,9H2,1H3,(H,18,19)(H2,16,17,20). The summed E-state index contributed by atoms with van der Waals surface area (Å²) in [5.74, 6) is -0.316. The summed E-state index contributed by atoms with van der Waals surface area (Å²) in [6.07, 6.45) is 2.13. The van der Waals surface area contributed by atoms with Crippen molar-refractivity contribution in [1.82, 2.24) is 5.32 Å². The van der Waals surface area contributed by atoms with Gasteiger partial charge in [-0.3, -0.25) is 0 Å². The molecule has 0 bridgehead atoms. The maximum Gasteiger partial charge on any atom is 0.337 e. The molecule has 6 heteroatoms. The highest BCUT2D eigenvalue weighted by atomic mass is 16.4. The summed E-state index contributed by atoms with van der Waals surface area (Å²) in [5, 5.41) is 14.3. The lowest BCUT2D eigenvalue weighted by atomic mass is 10.2. The molecule has 0 aliphatic heterocycles. The van der Waals surface area contributed by atoms with Crippen LogP contribution in [0, 0.1) is 0 Å². The first-order valence-electron chi connectivity index (χ1n) is 6.48. The summed E-state index contributed by atoms with van der Waals surface area (Å²) in [6.45, 7) is 1.84. The van der Waals surface area contributed by atoms with Crippen LogP contribution in [0.3, 0.4) is 0 Å². The van der Waals surface area contributed by atoms with Gasteiger partial charge in [-0.1, -0.05) is 12.1 Å². The number of nitrogens with one attached hydrogen (secondary N) is 2. The van der Waals surface area contributed by atoms with Gasteiger partial charge in [0.25, 0.3) is 0 Å². The second-order valence-corrected chi connectivity index (χ2v) is 4.63. The van der Waals surface area contributed by atoms with E-state index in [0.717, 1.165) is 5.76 Å². The molecule has 0 saturated heterocycles. The number of rotatable bonds is 5. The molecule has 1 aromatic carbocycles. The number of aromatic carboxylic acids is 1. The van der Waals surface area contributed by atoms with E-state index in [1.165, 1.54) is 6.07 Å². The highest BCUT2D eigenvalue weighted by Crippen LogP contribution is 2.14. The molecule has 6 nitrogen and oxygen atoms in total. The summed E-state index contributed by atoms with van der Waals surface area (Å²) in [6, 6.07) is 9.25. The molecule has 110 valence electrons. The van der Waals surface area contributed by atoms with Crippen molar-refractivity contribution < 1.29 is 19.1 Å². The number of carboxylic acid groups (broad SMARTS) is 1. The van der Waals surface area contributed by atoms with Crippen LogP contribution in [-0.2, 0) is 6.42 Å². The highest BCUT2D eigenvalue weighted by molar-refractivity contribution is 5.99. The number of benzene rings is 1. The van der Waals surface area contributed by atoms with Gasteiger partial charge in [0.1, 0.15) is 5.76 Å².